The van der Waals surface area contributed by atoms with Gasteiger partial charge in [0, 0.05) is 25.3 Å². The standard InChI is InChI=1S/C13H20FN3O/c1-9(2)16-12(13(15)18)8-17(3)11-6-4-5-10(14)7-11/h4-7,9,12,16H,8H2,1-3H3,(H2,15,18). The number of benzene rings is 1. The highest BCUT2D eigenvalue weighted by atomic mass is 19.1. The Bertz CT molecular complexity index is 409. The molecule has 0 bridgehead atoms. The minimum absolute atomic E-state index is 0.156. The molecule has 4 nitrogen and oxygen atoms in total. The van der Waals surface area contributed by atoms with Crippen LogP contribution in [0.5, 0.6) is 0 Å². The number of hydrogen-bond acceptors (Lipinski definition) is 3. The molecule has 0 aromatic heterocycles. The summed E-state index contributed by atoms with van der Waals surface area (Å²) in [7, 11) is 1.80. The smallest absolute Gasteiger partial charge is 0.236 e. The van der Waals surface area contributed by atoms with Crippen LogP contribution in [0.3, 0.4) is 0 Å². The number of nitrogens with two attached hydrogens (primary N) is 1. The summed E-state index contributed by atoms with van der Waals surface area (Å²) in [6.45, 7) is 4.28. The van der Waals surface area contributed by atoms with Crippen LogP contribution in [-0.2, 0) is 4.79 Å². The van der Waals surface area contributed by atoms with Crippen LogP contribution in [0.2, 0.25) is 0 Å². The van der Waals surface area contributed by atoms with Crippen LogP contribution >= 0.6 is 0 Å². The molecule has 0 aliphatic rings. The monoisotopic (exact) mass is 253 g/mol. The molecule has 1 aromatic carbocycles. The Hall–Kier alpha value is -1.62. The summed E-state index contributed by atoms with van der Waals surface area (Å²) in [4.78, 5) is 13.1. The third kappa shape index (κ3) is 4.33. The summed E-state index contributed by atoms with van der Waals surface area (Å²) in [5.41, 5.74) is 6.05. The highest BCUT2D eigenvalue weighted by molar-refractivity contribution is 5.80. The first kappa shape index (κ1) is 14.4. The molecule has 1 atom stereocenters. The molecule has 0 saturated carbocycles. The van der Waals surface area contributed by atoms with Crippen molar-refractivity contribution in [1.82, 2.24) is 5.32 Å². The van der Waals surface area contributed by atoms with Crippen molar-refractivity contribution in [2.45, 2.75) is 25.9 Å². The molecule has 0 spiro atoms. The van der Waals surface area contributed by atoms with Gasteiger partial charge in [-0.3, -0.25) is 4.79 Å². The van der Waals surface area contributed by atoms with Gasteiger partial charge in [-0.1, -0.05) is 19.9 Å². The molecular weight excluding hydrogens is 233 g/mol. The van der Waals surface area contributed by atoms with Crippen molar-refractivity contribution in [3.05, 3.63) is 30.1 Å². The normalized spacial score (nSPS) is 12.5. The van der Waals surface area contributed by atoms with Crippen molar-refractivity contribution in [3.63, 3.8) is 0 Å². The van der Waals surface area contributed by atoms with Crippen LogP contribution in [-0.4, -0.2) is 31.6 Å². The third-order valence-electron chi connectivity index (χ3n) is 2.58. The van der Waals surface area contributed by atoms with E-state index in [-0.39, 0.29) is 11.9 Å². The predicted molar refractivity (Wildman–Crippen MR) is 70.9 cm³/mol. The molecule has 3 N–H and O–H groups in total. The van der Waals surface area contributed by atoms with Crippen LogP contribution in [0.4, 0.5) is 10.1 Å². The fraction of sp³-hybridized carbons (Fsp3) is 0.462. The number of likely N-dealkylation sites (N-methyl/N-ethyl adjacent to an activating group) is 1. The third-order valence-corrected chi connectivity index (χ3v) is 2.58. The molecule has 1 aromatic rings. The minimum atomic E-state index is -0.460. The van der Waals surface area contributed by atoms with E-state index in [0.29, 0.717) is 12.2 Å². The van der Waals surface area contributed by atoms with E-state index in [2.05, 4.69) is 5.32 Å². The summed E-state index contributed by atoms with van der Waals surface area (Å²) < 4.78 is 13.1. The summed E-state index contributed by atoms with van der Waals surface area (Å²) in [6, 6.07) is 5.93. The molecule has 5 heteroatoms. The van der Waals surface area contributed by atoms with E-state index in [4.69, 9.17) is 5.73 Å². The van der Waals surface area contributed by atoms with Crippen LogP contribution in [0.1, 0.15) is 13.8 Å². The molecule has 0 heterocycles. The molecular formula is C13H20FN3O. The van der Waals surface area contributed by atoms with Crippen molar-refractivity contribution in [2.24, 2.45) is 5.73 Å². The second-order valence-corrected chi connectivity index (χ2v) is 4.64. The zero-order valence-corrected chi connectivity index (χ0v) is 11.0. The zero-order valence-electron chi connectivity index (χ0n) is 11.0. The molecule has 100 valence electrons. The molecule has 0 saturated heterocycles. The maximum absolute atomic E-state index is 13.1. The van der Waals surface area contributed by atoms with E-state index in [1.807, 2.05) is 13.8 Å². The van der Waals surface area contributed by atoms with Gasteiger partial charge in [-0.15, -0.1) is 0 Å². The molecule has 18 heavy (non-hydrogen) atoms. The van der Waals surface area contributed by atoms with Crippen LogP contribution in [0.15, 0.2) is 24.3 Å². The van der Waals surface area contributed by atoms with Crippen molar-refractivity contribution < 1.29 is 9.18 Å². The average molecular weight is 253 g/mol. The van der Waals surface area contributed by atoms with E-state index >= 15 is 0 Å². The first-order chi connectivity index (χ1) is 8.40. The summed E-state index contributed by atoms with van der Waals surface area (Å²) in [5.74, 6) is -0.709. The molecule has 0 aliphatic carbocycles. The lowest BCUT2D eigenvalue weighted by Crippen LogP contribution is -2.50. The number of nitrogens with one attached hydrogen (secondary N) is 1. The number of nitrogens with zero attached hydrogens (tertiary/aromatic N) is 1. The predicted octanol–water partition coefficient (Wildman–Crippen LogP) is 1.11. The summed E-state index contributed by atoms with van der Waals surface area (Å²) in [5, 5.41) is 3.08. The summed E-state index contributed by atoms with van der Waals surface area (Å²) in [6.07, 6.45) is 0. The Kier molecular flexibility index (Phi) is 5.09. The van der Waals surface area contributed by atoms with E-state index in [1.54, 1.807) is 24.1 Å². The Morgan fingerprint density at radius 2 is 2.17 bits per heavy atom. The van der Waals surface area contributed by atoms with Gasteiger partial charge in [-0.05, 0) is 18.2 Å². The van der Waals surface area contributed by atoms with E-state index in [0.717, 1.165) is 0 Å². The van der Waals surface area contributed by atoms with Crippen molar-refractivity contribution in [1.29, 1.82) is 0 Å². The van der Waals surface area contributed by atoms with Gasteiger partial charge in [-0.25, -0.2) is 4.39 Å². The second-order valence-electron chi connectivity index (χ2n) is 4.64. The molecule has 1 unspecified atom stereocenters. The second kappa shape index (κ2) is 6.35. The Labute approximate surface area is 107 Å². The van der Waals surface area contributed by atoms with Crippen molar-refractivity contribution >= 4 is 11.6 Å². The van der Waals surface area contributed by atoms with Gasteiger partial charge in [0.25, 0.3) is 0 Å². The number of carbonyl (C=O) groups excluding carboxylic acids is 1. The minimum Gasteiger partial charge on any atom is -0.372 e. The Morgan fingerprint density at radius 3 is 2.67 bits per heavy atom. The fourth-order valence-electron chi connectivity index (χ4n) is 1.72. The lowest BCUT2D eigenvalue weighted by atomic mass is 10.2. The van der Waals surface area contributed by atoms with E-state index in [1.165, 1.54) is 12.1 Å². The van der Waals surface area contributed by atoms with Gasteiger partial charge in [0.2, 0.25) is 5.91 Å². The molecule has 1 amide bonds. The molecule has 1 rings (SSSR count). The first-order valence-electron chi connectivity index (χ1n) is 5.92. The number of anilines is 1. The highest BCUT2D eigenvalue weighted by Gasteiger charge is 2.18. The fourth-order valence-corrected chi connectivity index (χ4v) is 1.72. The van der Waals surface area contributed by atoms with Gasteiger partial charge >= 0.3 is 0 Å². The van der Waals surface area contributed by atoms with Gasteiger partial charge in [0.05, 0.1) is 0 Å². The number of halogens is 1. The van der Waals surface area contributed by atoms with E-state index in [9.17, 15) is 9.18 Å². The Morgan fingerprint density at radius 1 is 1.50 bits per heavy atom. The molecule has 0 fully saturated rings. The number of carbonyl (C=O) groups is 1. The zero-order chi connectivity index (χ0) is 13.7. The lowest BCUT2D eigenvalue weighted by molar-refractivity contribution is -0.119. The first-order valence-corrected chi connectivity index (χ1v) is 5.92. The molecule has 0 aliphatic heterocycles. The number of hydrogen-bond donors (Lipinski definition) is 2. The number of primary amides is 1. The van der Waals surface area contributed by atoms with Crippen molar-refractivity contribution in [2.75, 3.05) is 18.5 Å². The maximum Gasteiger partial charge on any atom is 0.236 e. The average Bonchev–Trinajstić information content (AvgIpc) is 2.27. The van der Waals surface area contributed by atoms with Gasteiger partial charge in [0.15, 0.2) is 0 Å². The lowest BCUT2D eigenvalue weighted by Gasteiger charge is -2.26. The van der Waals surface area contributed by atoms with Crippen LogP contribution in [0.25, 0.3) is 0 Å². The number of rotatable bonds is 6. The van der Waals surface area contributed by atoms with Gasteiger partial charge < -0.3 is 16.0 Å². The Balaban J connectivity index is 2.72. The van der Waals surface area contributed by atoms with E-state index < -0.39 is 11.9 Å². The largest absolute Gasteiger partial charge is 0.372 e. The van der Waals surface area contributed by atoms with Crippen LogP contribution in [0, 0.1) is 5.82 Å². The summed E-state index contributed by atoms with van der Waals surface area (Å²) >= 11 is 0. The quantitative estimate of drug-likeness (QED) is 0.798. The van der Waals surface area contributed by atoms with Gasteiger partial charge in [-0.2, -0.15) is 0 Å². The number of amides is 1. The molecule has 0 radical (unpaired) electrons. The van der Waals surface area contributed by atoms with Gasteiger partial charge in [0.1, 0.15) is 11.9 Å². The highest BCUT2D eigenvalue weighted by Crippen LogP contribution is 2.14. The van der Waals surface area contributed by atoms with Crippen LogP contribution < -0.4 is 16.0 Å². The SMILES string of the molecule is CC(C)NC(CN(C)c1cccc(F)c1)C(N)=O. The maximum atomic E-state index is 13.1. The topological polar surface area (TPSA) is 58.4 Å². The van der Waals surface area contributed by atoms with Crippen molar-refractivity contribution in [3.8, 4) is 0 Å².